The van der Waals surface area contributed by atoms with Gasteiger partial charge in [0.2, 0.25) is 0 Å². The molecule has 0 radical (unpaired) electrons. The largest absolute Gasteiger partial charge is 0.508 e. The fourth-order valence-corrected chi connectivity index (χ4v) is 3.39. The SMILES string of the molecule is Cc1ccc(-c2cc(C)c3c(n2)CN(c2cnn(CC(F)(F)F)c2)C3=O)cc1O. The van der Waals surface area contributed by atoms with Gasteiger partial charge in [0.05, 0.1) is 35.4 Å². The monoisotopic (exact) mass is 402 g/mol. The van der Waals surface area contributed by atoms with Crippen LogP contribution in [0.5, 0.6) is 5.75 Å². The van der Waals surface area contributed by atoms with E-state index < -0.39 is 12.7 Å². The van der Waals surface area contributed by atoms with Crippen LogP contribution in [0.25, 0.3) is 11.3 Å². The van der Waals surface area contributed by atoms with Gasteiger partial charge in [-0.2, -0.15) is 18.3 Å². The lowest BCUT2D eigenvalue weighted by Gasteiger charge is -2.12. The lowest BCUT2D eigenvalue weighted by Crippen LogP contribution is -2.23. The molecule has 6 nitrogen and oxygen atoms in total. The Morgan fingerprint density at radius 2 is 1.93 bits per heavy atom. The third-order valence-corrected chi connectivity index (χ3v) is 4.84. The fourth-order valence-electron chi connectivity index (χ4n) is 3.39. The summed E-state index contributed by atoms with van der Waals surface area (Å²) in [6, 6.07) is 6.98. The molecule has 1 amide bonds. The maximum absolute atomic E-state index is 12.8. The van der Waals surface area contributed by atoms with Gasteiger partial charge in [-0.3, -0.25) is 19.4 Å². The first-order valence-electron chi connectivity index (χ1n) is 8.84. The Morgan fingerprint density at radius 1 is 1.17 bits per heavy atom. The highest BCUT2D eigenvalue weighted by Gasteiger charge is 2.34. The third kappa shape index (κ3) is 3.55. The normalized spacial score (nSPS) is 13.8. The average molecular weight is 402 g/mol. The molecule has 3 aromatic rings. The van der Waals surface area contributed by atoms with Gasteiger partial charge in [0.15, 0.2) is 0 Å². The molecule has 2 aromatic heterocycles. The number of carbonyl (C=O) groups is 1. The van der Waals surface area contributed by atoms with Crippen molar-refractivity contribution in [3.05, 3.63) is 59.0 Å². The van der Waals surface area contributed by atoms with Crippen LogP contribution >= 0.6 is 0 Å². The molecular formula is C20H17F3N4O2. The number of amides is 1. The molecular weight excluding hydrogens is 385 g/mol. The van der Waals surface area contributed by atoms with Crippen LogP contribution in [0, 0.1) is 13.8 Å². The Labute approximate surface area is 164 Å². The Balaban J connectivity index is 1.66. The van der Waals surface area contributed by atoms with Crippen molar-refractivity contribution < 1.29 is 23.1 Å². The van der Waals surface area contributed by atoms with Gasteiger partial charge in [-0.15, -0.1) is 0 Å². The molecule has 0 spiro atoms. The van der Waals surface area contributed by atoms with Gasteiger partial charge in [0.1, 0.15) is 12.3 Å². The minimum atomic E-state index is -4.39. The van der Waals surface area contributed by atoms with Crippen LogP contribution in [0.1, 0.15) is 27.2 Å². The minimum absolute atomic E-state index is 0.137. The molecule has 9 heteroatoms. The van der Waals surface area contributed by atoms with Crippen LogP contribution < -0.4 is 4.90 Å². The molecule has 0 atom stereocenters. The number of alkyl halides is 3. The number of hydrogen-bond donors (Lipinski definition) is 1. The zero-order valence-corrected chi connectivity index (χ0v) is 15.7. The summed E-state index contributed by atoms with van der Waals surface area (Å²) < 4.78 is 38.4. The third-order valence-electron chi connectivity index (χ3n) is 4.84. The summed E-state index contributed by atoms with van der Waals surface area (Å²) >= 11 is 0. The van der Waals surface area contributed by atoms with Crippen molar-refractivity contribution in [2.45, 2.75) is 33.1 Å². The second-order valence-electron chi connectivity index (χ2n) is 7.05. The zero-order valence-electron chi connectivity index (χ0n) is 15.7. The van der Waals surface area contributed by atoms with E-state index in [0.29, 0.717) is 28.1 Å². The molecule has 150 valence electrons. The van der Waals surface area contributed by atoms with Crippen LogP contribution in [-0.4, -0.2) is 32.0 Å². The summed E-state index contributed by atoms with van der Waals surface area (Å²) in [4.78, 5) is 18.8. The van der Waals surface area contributed by atoms with Crippen molar-refractivity contribution in [1.82, 2.24) is 14.8 Å². The Hall–Kier alpha value is -3.36. The summed E-state index contributed by atoms with van der Waals surface area (Å²) in [6.07, 6.45) is -1.96. The number of anilines is 1. The van der Waals surface area contributed by atoms with Crippen molar-refractivity contribution in [3.63, 3.8) is 0 Å². The smallest absolute Gasteiger partial charge is 0.408 e. The predicted octanol–water partition coefficient (Wildman–Crippen LogP) is 3.99. The number of aromatic nitrogens is 3. The lowest BCUT2D eigenvalue weighted by molar-refractivity contribution is -0.142. The van der Waals surface area contributed by atoms with Gasteiger partial charge in [-0.25, -0.2) is 0 Å². The quantitative estimate of drug-likeness (QED) is 0.719. The van der Waals surface area contributed by atoms with E-state index in [0.717, 1.165) is 10.2 Å². The first kappa shape index (κ1) is 19.0. The number of phenolic OH excluding ortho intramolecular Hbond substituents is 1. The van der Waals surface area contributed by atoms with Crippen molar-refractivity contribution in [3.8, 4) is 17.0 Å². The first-order valence-corrected chi connectivity index (χ1v) is 8.84. The van der Waals surface area contributed by atoms with Crippen LogP contribution in [0.4, 0.5) is 18.9 Å². The van der Waals surface area contributed by atoms with E-state index in [1.807, 2.05) is 6.07 Å². The van der Waals surface area contributed by atoms with Gasteiger partial charge in [0, 0.05) is 11.8 Å². The molecule has 0 saturated heterocycles. The number of nitrogens with zero attached hydrogens (tertiary/aromatic N) is 4. The van der Waals surface area contributed by atoms with Gasteiger partial charge in [-0.1, -0.05) is 12.1 Å². The number of benzene rings is 1. The van der Waals surface area contributed by atoms with Crippen LogP contribution in [0.2, 0.25) is 0 Å². The molecule has 0 saturated carbocycles. The molecule has 1 aromatic carbocycles. The van der Waals surface area contributed by atoms with Crippen molar-refractivity contribution in [2.75, 3.05) is 4.90 Å². The van der Waals surface area contributed by atoms with Gasteiger partial charge < -0.3 is 5.11 Å². The Morgan fingerprint density at radius 3 is 2.62 bits per heavy atom. The fraction of sp³-hybridized carbons (Fsp3) is 0.250. The first-order chi connectivity index (χ1) is 13.6. The average Bonchev–Trinajstić information content (AvgIpc) is 3.20. The zero-order chi connectivity index (χ0) is 20.9. The number of carbonyl (C=O) groups excluding carboxylic acids is 1. The van der Waals surface area contributed by atoms with E-state index in [1.54, 1.807) is 32.0 Å². The maximum Gasteiger partial charge on any atom is 0.408 e. The molecule has 4 rings (SSSR count). The van der Waals surface area contributed by atoms with Crippen LogP contribution in [0.15, 0.2) is 36.7 Å². The van der Waals surface area contributed by atoms with E-state index in [-0.39, 0.29) is 23.9 Å². The second kappa shape index (κ2) is 6.61. The summed E-state index contributed by atoms with van der Waals surface area (Å²) in [7, 11) is 0. The number of rotatable bonds is 3. The molecule has 0 aliphatic carbocycles. The van der Waals surface area contributed by atoms with E-state index in [9.17, 15) is 23.1 Å². The number of pyridine rings is 1. The highest BCUT2D eigenvalue weighted by molar-refractivity contribution is 6.10. The Bertz CT molecular complexity index is 1120. The van der Waals surface area contributed by atoms with E-state index in [2.05, 4.69) is 10.1 Å². The van der Waals surface area contributed by atoms with Crippen molar-refractivity contribution >= 4 is 11.6 Å². The summed E-state index contributed by atoms with van der Waals surface area (Å²) in [6.45, 7) is 2.49. The van der Waals surface area contributed by atoms with E-state index >= 15 is 0 Å². The van der Waals surface area contributed by atoms with Crippen molar-refractivity contribution in [1.29, 1.82) is 0 Å². The number of fused-ring (bicyclic) bond motifs is 1. The maximum atomic E-state index is 12.8. The minimum Gasteiger partial charge on any atom is -0.508 e. The number of phenols is 1. The molecule has 0 bridgehead atoms. The molecule has 0 fully saturated rings. The molecule has 1 aliphatic heterocycles. The number of hydrogen-bond acceptors (Lipinski definition) is 4. The molecule has 29 heavy (non-hydrogen) atoms. The van der Waals surface area contributed by atoms with E-state index in [1.165, 1.54) is 17.3 Å². The highest BCUT2D eigenvalue weighted by atomic mass is 19.4. The Kier molecular flexibility index (Phi) is 4.33. The second-order valence-corrected chi connectivity index (χ2v) is 7.05. The lowest BCUT2D eigenvalue weighted by atomic mass is 10.0. The van der Waals surface area contributed by atoms with E-state index in [4.69, 9.17) is 0 Å². The summed E-state index contributed by atoms with van der Waals surface area (Å²) in [5.74, 6) is -0.174. The van der Waals surface area contributed by atoms with Crippen LogP contribution in [-0.2, 0) is 13.1 Å². The summed E-state index contributed by atoms with van der Waals surface area (Å²) in [5.41, 5.74) is 4.03. The number of aromatic hydroxyl groups is 1. The van der Waals surface area contributed by atoms with Gasteiger partial charge in [-0.05, 0) is 37.1 Å². The summed E-state index contributed by atoms with van der Waals surface area (Å²) in [5, 5.41) is 13.7. The molecule has 1 aliphatic rings. The molecule has 0 unspecified atom stereocenters. The van der Waals surface area contributed by atoms with Crippen molar-refractivity contribution in [2.24, 2.45) is 0 Å². The standard InChI is InChI=1S/C20H17F3N4O2/c1-11-3-4-13(6-17(11)28)15-5-12(2)18-16(25-15)9-27(19(18)29)14-7-24-26(8-14)10-20(21,22)23/h3-8,28H,9-10H2,1-2H3. The highest BCUT2D eigenvalue weighted by Crippen LogP contribution is 2.33. The molecule has 1 N–H and O–H groups in total. The molecule has 3 heterocycles. The number of aryl methyl sites for hydroxylation is 2. The van der Waals surface area contributed by atoms with Gasteiger partial charge >= 0.3 is 6.18 Å². The topological polar surface area (TPSA) is 71.2 Å². The van der Waals surface area contributed by atoms with Crippen LogP contribution in [0.3, 0.4) is 0 Å². The predicted molar refractivity (Wildman–Crippen MR) is 99.6 cm³/mol. The number of halogens is 3. The van der Waals surface area contributed by atoms with Gasteiger partial charge in [0.25, 0.3) is 5.91 Å².